The second-order valence-corrected chi connectivity index (χ2v) is 8.06. The molecular formula is C27H25N5O. The molecule has 0 aliphatic carbocycles. The fourth-order valence-electron chi connectivity index (χ4n) is 4.34. The molecule has 0 saturated carbocycles. The van der Waals surface area contributed by atoms with E-state index in [1.54, 1.807) is 6.21 Å². The van der Waals surface area contributed by atoms with E-state index in [-0.39, 0.29) is 5.91 Å². The highest BCUT2D eigenvalue weighted by atomic mass is 16.2. The molecule has 6 nitrogen and oxygen atoms in total. The van der Waals surface area contributed by atoms with Gasteiger partial charge >= 0.3 is 0 Å². The third kappa shape index (κ3) is 3.91. The molecule has 6 heteroatoms. The van der Waals surface area contributed by atoms with E-state index >= 15 is 0 Å². The van der Waals surface area contributed by atoms with Crippen molar-refractivity contribution in [2.45, 2.75) is 26.8 Å². The molecule has 0 fully saturated rings. The van der Waals surface area contributed by atoms with Gasteiger partial charge in [-0.25, -0.2) is 10.1 Å². The van der Waals surface area contributed by atoms with E-state index < -0.39 is 0 Å². The highest BCUT2D eigenvalue weighted by Crippen LogP contribution is 2.28. The Balaban J connectivity index is 1.29. The molecule has 5 rings (SSSR count). The Morgan fingerprint density at radius 1 is 0.909 bits per heavy atom. The average Bonchev–Trinajstić information content (AvgIpc) is 3.32. The summed E-state index contributed by atoms with van der Waals surface area (Å²) in [5, 5.41) is 11.2. The molecule has 0 unspecified atom stereocenters. The summed E-state index contributed by atoms with van der Waals surface area (Å²) in [5.74, 6) is -0.126. The number of carbonyl (C=O) groups is 1. The van der Waals surface area contributed by atoms with Crippen LogP contribution in [0, 0.1) is 13.8 Å². The zero-order chi connectivity index (χ0) is 22.8. The number of nitrogens with one attached hydrogen (secondary N) is 1. The van der Waals surface area contributed by atoms with Crippen molar-refractivity contribution in [3.8, 4) is 5.69 Å². The largest absolute Gasteiger partial charge is 0.340 e. The number of carbonyl (C=O) groups excluding carboxylic acids is 1. The van der Waals surface area contributed by atoms with Crippen LogP contribution in [0.4, 0.5) is 0 Å². The SMILES string of the molecule is Cc1nn(-c2ccccc2)c(C)c1/C=N/NC(=O)CCn1c2ccccc2c2ccccc21. The maximum atomic E-state index is 12.5. The number of hydrogen-bond acceptors (Lipinski definition) is 3. The van der Waals surface area contributed by atoms with Gasteiger partial charge in [0.15, 0.2) is 0 Å². The topological polar surface area (TPSA) is 64.2 Å². The Kier molecular flexibility index (Phi) is 5.48. The van der Waals surface area contributed by atoms with Crippen molar-refractivity contribution in [2.24, 2.45) is 5.10 Å². The lowest BCUT2D eigenvalue weighted by atomic mass is 10.2. The lowest BCUT2D eigenvalue weighted by Crippen LogP contribution is -2.19. The third-order valence-corrected chi connectivity index (χ3v) is 5.97. The summed E-state index contributed by atoms with van der Waals surface area (Å²) >= 11 is 0. The predicted molar refractivity (Wildman–Crippen MR) is 133 cm³/mol. The summed E-state index contributed by atoms with van der Waals surface area (Å²) in [6, 6.07) is 26.6. The molecule has 2 aromatic heterocycles. The van der Waals surface area contributed by atoms with Crippen LogP contribution in [0.3, 0.4) is 0 Å². The number of benzene rings is 3. The average molecular weight is 436 g/mol. The van der Waals surface area contributed by atoms with Crippen LogP contribution >= 0.6 is 0 Å². The van der Waals surface area contributed by atoms with Crippen LogP contribution in [0.25, 0.3) is 27.5 Å². The van der Waals surface area contributed by atoms with E-state index in [4.69, 9.17) is 0 Å². The summed E-state index contributed by atoms with van der Waals surface area (Å²) in [4.78, 5) is 12.5. The summed E-state index contributed by atoms with van der Waals surface area (Å²) < 4.78 is 4.09. The monoisotopic (exact) mass is 435 g/mol. The highest BCUT2D eigenvalue weighted by Gasteiger charge is 2.12. The van der Waals surface area contributed by atoms with Gasteiger partial charge in [-0.1, -0.05) is 54.6 Å². The molecule has 0 radical (unpaired) electrons. The van der Waals surface area contributed by atoms with Gasteiger partial charge in [0.1, 0.15) is 0 Å². The number of hydrazone groups is 1. The van der Waals surface area contributed by atoms with Crippen molar-refractivity contribution >= 4 is 33.9 Å². The fraction of sp³-hybridized carbons (Fsp3) is 0.148. The molecule has 0 spiro atoms. The Bertz CT molecular complexity index is 1420. The van der Waals surface area contributed by atoms with Crippen molar-refractivity contribution in [3.63, 3.8) is 0 Å². The second-order valence-electron chi connectivity index (χ2n) is 8.06. The van der Waals surface area contributed by atoms with Gasteiger partial charge in [-0.15, -0.1) is 0 Å². The zero-order valence-corrected chi connectivity index (χ0v) is 18.7. The van der Waals surface area contributed by atoms with Crippen LogP contribution in [-0.4, -0.2) is 26.5 Å². The second kappa shape index (κ2) is 8.74. The van der Waals surface area contributed by atoms with Gasteiger partial charge in [-0.2, -0.15) is 10.2 Å². The normalized spacial score (nSPS) is 11.6. The Labute approximate surface area is 192 Å². The number of fused-ring (bicyclic) bond motifs is 3. The van der Waals surface area contributed by atoms with E-state index in [0.717, 1.165) is 33.7 Å². The Morgan fingerprint density at radius 3 is 2.18 bits per heavy atom. The van der Waals surface area contributed by atoms with Crippen LogP contribution in [0.15, 0.2) is 84.0 Å². The lowest BCUT2D eigenvalue weighted by molar-refractivity contribution is -0.121. The van der Waals surface area contributed by atoms with Crippen molar-refractivity contribution in [1.29, 1.82) is 0 Å². The minimum absolute atomic E-state index is 0.126. The minimum Gasteiger partial charge on any atom is -0.340 e. The first-order valence-corrected chi connectivity index (χ1v) is 11.0. The molecule has 1 amide bonds. The highest BCUT2D eigenvalue weighted by molar-refractivity contribution is 6.08. The van der Waals surface area contributed by atoms with Gasteiger partial charge in [0.25, 0.3) is 0 Å². The van der Waals surface area contributed by atoms with Gasteiger partial charge < -0.3 is 4.57 Å². The van der Waals surface area contributed by atoms with E-state index in [1.807, 2.05) is 73.1 Å². The molecular weight excluding hydrogens is 410 g/mol. The van der Waals surface area contributed by atoms with E-state index in [2.05, 4.69) is 44.5 Å². The molecule has 164 valence electrons. The lowest BCUT2D eigenvalue weighted by Gasteiger charge is -2.06. The van der Waals surface area contributed by atoms with E-state index in [9.17, 15) is 4.79 Å². The predicted octanol–water partition coefficient (Wildman–Crippen LogP) is 5.14. The molecule has 33 heavy (non-hydrogen) atoms. The summed E-state index contributed by atoms with van der Waals surface area (Å²) in [7, 11) is 0. The third-order valence-electron chi connectivity index (χ3n) is 5.97. The molecule has 0 saturated heterocycles. The first-order chi connectivity index (χ1) is 16.1. The van der Waals surface area contributed by atoms with Gasteiger partial charge in [0.2, 0.25) is 5.91 Å². The fourth-order valence-corrected chi connectivity index (χ4v) is 4.34. The molecule has 0 aliphatic heterocycles. The maximum absolute atomic E-state index is 12.5. The van der Waals surface area contributed by atoms with Crippen molar-refractivity contribution in [3.05, 3.63) is 95.8 Å². The number of amides is 1. The number of nitrogens with zero attached hydrogens (tertiary/aromatic N) is 4. The molecule has 0 aliphatic rings. The standard InChI is InChI=1S/C27H25N5O/c1-19-24(20(2)32(30-19)21-10-4-3-5-11-21)18-28-29-27(33)16-17-31-25-14-8-6-12-22(25)23-13-7-9-15-26(23)31/h3-15,18H,16-17H2,1-2H3,(H,29,33)/b28-18+. The van der Waals surface area contributed by atoms with Crippen LogP contribution < -0.4 is 5.43 Å². The summed E-state index contributed by atoms with van der Waals surface area (Å²) in [6.45, 7) is 4.52. The first kappa shape index (κ1) is 20.7. The van der Waals surface area contributed by atoms with Gasteiger partial charge in [-0.05, 0) is 38.1 Å². The smallest absolute Gasteiger partial charge is 0.241 e. The number of rotatable bonds is 6. The molecule has 5 aromatic rings. The first-order valence-electron chi connectivity index (χ1n) is 11.0. The van der Waals surface area contributed by atoms with E-state index in [1.165, 1.54) is 10.8 Å². The number of hydrogen-bond donors (Lipinski definition) is 1. The zero-order valence-electron chi connectivity index (χ0n) is 18.7. The quantitative estimate of drug-likeness (QED) is 0.297. The maximum Gasteiger partial charge on any atom is 0.241 e. The van der Waals surface area contributed by atoms with Crippen molar-refractivity contribution in [2.75, 3.05) is 0 Å². The number of aromatic nitrogens is 3. The van der Waals surface area contributed by atoms with Gasteiger partial charge in [-0.3, -0.25) is 4.79 Å². The van der Waals surface area contributed by atoms with Crippen LogP contribution in [0.2, 0.25) is 0 Å². The summed E-state index contributed by atoms with van der Waals surface area (Å²) in [6.07, 6.45) is 2.01. The van der Waals surface area contributed by atoms with Gasteiger partial charge in [0, 0.05) is 40.3 Å². The Morgan fingerprint density at radius 2 is 1.52 bits per heavy atom. The molecule has 1 N–H and O–H groups in total. The molecule has 3 aromatic carbocycles. The molecule has 2 heterocycles. The number of para-hydroxylation sites is 3. The van der Waals surface area contributed by atoms with E-state index in [0.29, 0.717) is 13.0 Å². The van der Waals surface area contributed by atoms with Crippen molar-refractivity contribution in [1.82, 2.24) is 19.8 Å². The van der Waals surface area contributed by atoms with Crippen LogP contribution in [-0.2, 0) is 11.3 Å². The van der Waals surface area contributed by atoms with Crippen molar-refractivity contribution < 1.29 is 4.79 Å². The Hall–Kier alpha value is -4.19. The van der Waals surface area contributed by atoms with Crippen LogP contribution in [0.1, 0.15) is 23.4 Å². The molecule has 0 atom stereocenters. The molecule has 0 bridgehead atoms. The van der Waals surface area contributed by atoms with Gasteiger partial charge in [0.05, 0.1) is 23.3 Å². The number of aryl methyl sites for hydroxylation is 2. The summed E-state index contributed by atoms with van der Waals surface area (Å²) in [5.41, 5.74) is 8.67. The van der Waals surface area contributed by atoms with Crippen LogP contribution in [0.5, 0.6) is 0 Å². The minimum atomic E-state index is -0.126.